The number of nitrogens with one attached hydrogen (secondary N) is 2. The molecule has 1 saturated heterocycles. The number of amides is 1. The first-order valence-corrected chi connectivity index (χ1v) is 6.15. The minimum atomic E-state index is 0. The number of aryl methyl sites for hydroxylation is 1. The lowest BCUT2D eigenvalue weighted by molar-refractivity contribution is -0.125. The molecule has 0 radical (unpaired) electrons. The van der Waals surface area contributed by atoms with E-state index >= 15 is 0 Å². The molecule has 2 N–H and O–H groups in total. The van der Waals surface area contributed by atoms with Crippen molar-refractivity contribution in [3.63, 3.8) is 0 Å². The minimum Gasteiger partial charge on any atom is -0.352 e. The third-order valence-electron chi connectivity index (χ3n) is 3.11. The van der Waals surface area contributed by atoms with Gasteiger partial charge in [-0.25, -0.2) is 0 Å². The molecule has 2 heterocycles. The molecule has 0 saturated carbocycles. The lowest BCUT2D eigenvalue weighted by atomic mass is 9.99. The molecule has 1 fully saturated rings. The van der Waals surface area contributed by atoms with E-state index in [0.717, 1.165) is 37.2 Å². The highest BCUT2D eigenvalue weighted by molar-refractivity contribution is 5.85. The van der Waals surface area contributed by atoms with Crippen molar-refractivity contribution in [1.29, 1.82) is 0 Å². The highest BCUT2D eigenvalue weighted by Crippen LogP contribution is 2.10. The largest absolute Gasteiger partial charge is 0.352 e. The molecule has 1 aliphatic rings. The van der Waals surface area contributed by atoms with Crippen molar-refractivity contribution in [2.24, 2.45) is 5.92 Å². The molecular weight excluding hydrogens is 285 g/mol. The maximum Gasteiger partial charge on any atom is 0.224 e. The zero-order chi connectivity index (χ0) is 12.1. The third kappa shape index (κ3) is 5.76. The Balaban J connectivity index is 0.00000162. The van der Waals surface area contributed by atoms with Crippen molar-refractivity contribution < 1.29 is 4.79 Å². The number of aromatic nitrogens is 1. The van der Waals surface area contributed by atoms with Crippen molar-refractivity contribution in [2.45, 2.75) is 26.3 Å². The van der Waals surface area contributed by atoms with Gasteiger partial charge in [0.05, 0.1) is 5.92 Å². The van der Waals surface area contributed by atoms with Crippen LogP contribution in [0, 0.1) is 12.8 Å². The molecule has 1 unspecified atom stereocenters. The molecule has 2 rings (SSSR count). The van der Waals surface area contributed by atoms with E-state index < -0.39 is 0 Å². The molecule has 1 amide bonds. The number of hydrogen-bond acceptors (Lipinski definition) is 3. The highest BCUT2D eigenvalue weighted by Gasteiger charge is 2.20. The van der Waals surface area contributed by atoms with Crippen molar-refractivity contribution in [3.05, 3.63) is 29.6 Å². The Hall–Kier alpha value is -0.840. The molecule has 0 spiro atoms. The third-order valence-corrected chi connectivity index (χ3v) is 3.11. The first kappa shape index (κ1) is 18.2. The fraction of sp³-hybridized carbons (Fsp3) is 0.538. The molecule has 19 heavy (non-hydrogen) atoms. The Morgan fingerprint density at radius 2 is 2.26 bits per heavy atom. The number of pyridine rings is 1. The number of piperidine rings is 1. The van der Waals surface area contributed by atoms with E-state index in [1.54, 1.807) is 0 Å². The van der Waals surface area contributed by atoms with Crippen molar-refractivity contribution in [1.82, 2.24) is 15.6 Å². The van der Waals surface area contributed by atoms with Gasteiger partial charge in [-0.15, -0.1) is 24.8 Å². The zero-order valence-corrected chi connectivity index (χ0v) is 12.6. The summed E-state index contributed by atoms with van der Waals surface area (Å²) in [5, 5.41) is 6.22. The Labute approximate surface area is 126 Å². The predicted molar refractivity (Wildman–Crippen MR) is 80.9 cm³/mol. The van der Waals surface area contributed by atoms with Crippen LogP contribution in [-0.4, -0.2) is 24.0 Å². The number of halogens is 2. The summed E-state index contributed by atoms with van der Waals surface area (Å²) in [6.07, 6.45) is 3.89. The maximum absolute atomic E-state index is 11.9. The first-order valence-electron chi connectivity index (χ1n) is 6.15. The van der Waals surface area contributed by atoms with Crippen LogP contribution in [0.5, 0.6) is 0 Å². The SMILES string of the molecule is Cc1ccc(CNC(=O)C2CCCNC2)cn1.Cl.Cl. The highest BCUT2D eigenvalue weighted by atomic mass is 35.5. The summed E-state index contributed by atoms with van der Waals surface area (Å²) in [5.74, 6) is 0.278. The average molecular weight is 306 g/mol. The van der Waals surface area contributed by atoms with Crippen LogP contribution in [0.4, 0.5) is 0 Å². The molecule has 1 aromatic rings. The number of hydrogen-bond donors (Lipinski definition) is 2. The molecule has 1 atom stereocenters. The number of rotatable bonds is 3. The summed E-state index contributed by atoms with van der Waals surface area (Å²) in [7, 11) is 0. The maximum atomic E-state index is 11.9. The van der Waals surface area contributed by atoms with E-state index in [1.165, 1.54) is 0 Å². The summed E-state index contributed by atoms with van der Waals surface area (Å²) in [6, 6.07) is 3.96. The van der Waals surface area contributed by atoms with Gasteiger partial charge in [0.15, 0.2) is 0 Å². The second kappa shape index (κ2) is 9.13. The van der Waals surface area contributed by atoms with E-state index in [4.69, 9.17) is 0 Å². The molecule has 0 aliphatic carbocycles. The molecule has 0 aromatic carbocycles. The van der Waals surface area contributed by atoms with Gasteiger partial charge >= 0.3 is 0 Å². The summed E-state index contributed by atoms with van der Waals surface area (Å²) < 4.78 is 0. The van der Waals surface area contributed by atoms with Gasteiger partial charge in [-0.1, -0.05) is 6.07 Å². The molecule has 1 aromatic heterocycles. The lowest BCUT2D eigenvalue weighted by Crippen LogP contribution is -2.40. The zero-order valence-electron chi connectivity index (χ0n) is 11.0. The first-order chi connectivity index (χ1) is 8.25. The average Bonchev–Trinajstić information content (AvgIpc) is 2.39. The molecule has 6 heteroatoms. The number of carbonyl (C=O) groups excluding carboxylic acids is 1. The second-order valence-corrected chi connectivity index (χ2v) is 4.57. The minimum absolute atomic E-state index is 0. The molecule has 4 nitrogen and oxygen atoms in total. The Bertz CT molecular complexity index is 378. The fourth-order valence-corrected chi connectivity index (χ4v) is 2.01. The van der Waals surface area contributed by atoms with Crippen LogP contribution in [0.25, 0.3) is 0 Å². The van der Waals surface area contributed by atoms with Gasteiger partial charge in [0.2, 0.25) is 5.91 Å². The van der Waals surface area contributed by atoms with E-state index in [1.807, 2.05) is 25.3 Å². The summed E-state index contributed by atoms with van der Waals surface area (Å²) in [4.78, 5) is 16.1. The monoisotopic (exact) mass is 305 g/mol. The molecule has 108 valence electrons. The van der Waals surface area contributed by atoms with Crippen LogP contribution in [0.3, 0.4) is 0 Å². The smallest absolute Gasteiger partial charge is 0.224 e. The lowest BCUT2D eigenvalue weighted by Gasteiger charge is -2.21. The summed E-state index contributed by atoms with van der Waals surface area (Å²) >= 11 is 0. The topological polar surface area (TPSA) is 54.0 Å². The van der Waals surface area contributed by atoms with Crippen LogP contribution < -0.4 is 10.6 Å². The van der Waals surface area contributed by atoms with Gasteiger partial charge in [0, 0.05) is 25.0 Å². The van der Waals surface area contributed by atoms with Crippen LogP contribution in [0.1, 0.15) is 24.1 Å². The fourth-order valence-electron chi connectivity index (χ4n) is 2.01. The second-order valence-electron chi connectivity index (χ2n) is 4.57. The molecule has 1 aliphatic heterocycles. The Morgan fingerprint density at radius 1 is 1.47 bits per heavy atom. The van der Waals surface area contributed by atoms with Gasteiger partial charge in [0.25, 0.3) is 0 Å². The quantitative estimate of drug-likeness (QED) is 0.896. The normalized spacial score (nSPS) is 17.8. The van der Waals surface area contributed by atoms with Gasteiger partial charge in [-0.05, 0) is 37.9 Å². The van der Waals surface area contributed by atoms with E-state index in [9.17, 15) is 4.79 Å². The number of nitrogens with zero attached hydrogens (tertiary/aromatic N) is 1. The van der Waals surface area contributed by atoms with Gasteiger partial charge < -0.3 is 10.6 Å². The predicted octanol–water partition coefficient (Wildman–Crippen LogP) is 1.85. The van der Waals surface area contributed by atoms with Gasteiger partial charge in [-0.3, -0.25) is 9.78 Å². The van der Waals surface area contributed by atoms with Gasteiger partial charge in [0.1, 0.15) is 0 Å². The van der Waals surface area contributed by atoms with Crippen LogP contribution in [-0.2, 0) is 11.3 Å². The Morgan fingerprint density at radius 3 is 2.84 bits per heavy atom. The van der Waals surface area contributed by atoms with E-state index in [0.29, 0.717) is 6.54 Å². The van der Waals surface area contributed by atoms with Crippen LogP contribution >= 0.6 is 24.8 Å². The van der Waals surface area contributed by atoms with Crippen molar-refractivity contribution in [2.75, 3.05) is 13.1 Å². The van der Waals surface area contributed by atoms with Crippen LogP contribution in [0.15, 0.2) is 18.3 Å². The van der Waals surface area contributed by atoms with Gasteiger partial charge in [-0.2, -0.15) is 0 Å². The van der Waals surface area contributed by atoms with Crippen molar-refractivity contribution in [3.8, 4) is 0 Å². The summed E-state index contributed by atoms with van der Waals surface area (Å²) in [5.41, 5.74) is 2.05. The Kier molecular flexibility index (Phi) is 8.72. The standard InChI is InChI=1S/C13H19N3O.2ClH/c1-10-4-5-11(7-15-10)8-16-13(17)12-3-2-6-14-9-12;;/h4-5,7,12,14H,2-3,6,8-9H2,1H3,(H,16,17);2*1H. The van der Waals surface area contributed by atoms with E-state index in [-0.39, 0.29) is 36.6 Å². The summed E-state index contributed by atoms with van der Waals surface area (Å²) in [6.45, 7) is 4.36. The number of carbonyl (C=O) groups is 1. The molecule has 0 bridgehead atoms. The van der Waals surface area contributed by atoms with Crippen molar-refractivity contribution >= 4 is 30.7 Å². The van der Waals surface area contributed by atoms with E-state index in [2.05, 4.69) is 15.6 Å². The molecular formula is C13H21Cl2N3O. The van der Waals surface area contributed by atoms with Crippen LogP contribution in [0.2, 0.25) is 0 Å².